The quantitative estimate of drug-likeness (QED) is 0.201. The monoisotopic (exact) mass is 470 g/mol. The van der Waals surface area contributed by atoms with E-state index in [2.05, 4.69) is 12.7 Å². The van der Waals surface area contributed by atoms with Gasteiger partial charge in [-0.05, 0) is 87.2 Å². The Morgan fingerprint density at radius 2 is 1.70 bits per heavy atom. The summed E-state index contributed by atoms with van der Waals surface area (Å²) in [5.41, 5.74) is 0.329. The first-order valence-corrected chi connectivity index (χ1v) is 12.1. The fourth-order valence-electron chi connectivity index (χ4n) is 4.97. The highest BCUT2D eigenvalue weighted by atomic mass is 19.2. The summed E-state index contributed by atoms with van der Waals surface area (Å²) in [6.07, 6.45) is 14.0. The van der Waals surface area contributed by atoms with Crippen molar-refractivity contribution in [3.8, 4) is 5.75 Å². The molecule has 186 valence electrons. The summed E-state index contributed by atoms with van der Waals surface area (Å²) in [7, 11) is 0. The maximum atomic E-state index is 14.1. The van der Waals surface area contributed by atoms with Crippen molar-refractivity contribution < 1.29 is 27.0 Å². The van der Waals surface area contributed by atoms with Crippen LogP contribution in [-0.2, 0) is 11.2 Å². The molecule has 0 aromatic heterocycles. The molecule has 2 fully saturated rings. The number of rotatable bonds is 10. The van der Waals surface area contributed by atoms with Crippen LogP contribution < -0.4 is 4.74 Å². The van der Waals surface area contributed by atoms with E-state index in [1.165, 1.54) is 44.6 Å². The molecule has 0 aliphatic heterocycles. The molecule has 2 aliphatic rings. The minimum absolute atomic E-state index is 0.0336. The Bertz CT molecular complexity index is 735. The first-order valence-electron chi connectivity index (χ1n) is 12.1. The molecule has 6 heteroatoms. The van der Waals surface area contributed by atoms with Gasteiger partial charge in [0.1, 0.15) is 13.3 Å². The average Bonchev–Trinajstić information content (AvgIpc) is 2.85. The molecule has 0 bridgehead atoms. The molecular weight excluding hydrogens is 432 g/mol. The average molecular weight is 471 g/mol. The summed E-state index contributed by atoms with van der Waals surface area (Å²) < 4.78 is 59.6. The Hall–Kier alpha value is -1.82. The third-order valence-electron chi connectivity index (χ3n) is 6.67. The highest BCUT2D eigenvalue weighted by molar-refractivity contribution is 5.32. The molecule has 3 rings (SSSR count). The highest BCUT2D eigenvalue weighted by Gasteiger charge is 2.34. The molecule has 0 N–H and O–H groups in total. The van der Waals surface area contributed by atoms with Crippen LogP contribution in [0.3, 0.4) is 0 Å². The number of fused-ring (bicyclic) bond motifs is 1. The summed E-state index contributed by atoms with van der Waals surface area (Å²) in [4.78, 5) is 0. The Morgan fingerprint density at radius 3 is 2.39 bits per heavy atom. The molecular formula is C27H38F4O2. The van der Waals surface area contributed by atoms with E-state index >= 15 is 0 Å². The second-order valence-corrected chi connectivity index (χ2v) is 8.88. The standard InChI is InChI=1S/C25H34F2O2.C2H4F2/c1-3-18-8-10-22-16-19(9-11-21(22)15-18)17-28-14-6-5-7-20-12-13-23(29-4-2)25(27)24(20)26;3-1-2-4/h3,5-6,12-13,18-19,21-22H,1,4,7-11,14-17H2,2H3;1-2H2/b6-5-;. The molecule has 33 heavy (non-hydrogen) atoms. The van der Waals surface area contributed by atoms with Crippen molar-refractivity contribution in [2.45, 2.75) is 51.9 Å². The van der Waals surface area contributed by atoms with E-state index in [0.717, 1.165) is 24.4 Å². The lowest BCUT2D eigenvalue weighted by Gasteiger charge is -2.41. The topological polar surface area (TPSA) is 18.5 Å². The second-order valence-electron chi connectivity index (χ2n) is 8.88. The smallest absolute Gasteiger partial charge is 0.200 e. The summed E-state index contributed by atoms with van der Waals surface area (Å²) >= 11 is 0. The Kier molecular flexibility index (Phi) is 12.6. The lowest BCUT2D eigenvalue weighted by Crippen LogP contribution is -2.32. The van der Waals surface area contributed by atoms with Crippen molar-refractivity contribution in [3.05, 3.63) is 54.1 Å². The largest absolute Gasteiger partial charge is 0.491 e. The van der Waals surface area contributed by atoms with Crippen LogP contribution in [0.4, 0.5) is 17.6 Å². The molecule has 0 amide bonds. The van der Waals surface area contributed by atoms with E-state index in [4.69, 9.17) is 9.47 Å². The van der Waals surface area contributed by atoms with E-state index in [1.807, 2.05) is 12.2 Å². The maximum Gasteiger partial charge on any atom is 0.200 e. The number of hydrogen-bond acceptors (Lipinski definition) is 2. The van der Waals surface area contributed by atoms with Crippen LogP contribution >= 0.6 is 0 Å². The zero-order valence-corrected chi connectivity index (χ0v) is 19.7. The molecule has 2 aliphatic carbocycles. The summed E-state index contributed by atoms with van der Waals surface area (Å²) in [6, 6.07) is 3.06. The van der Waals surface area contributed by atoms with Crippen LogP contribution in [0.2, 0.25) is 0 Å². The number of ether oxygens (including phenoxy) is 2. The van der Waals surface area contributed by atoms with Crippen LogP contribution in [0.25, 0.3) is 0 Å². The fourth-order valence-corrected chi connectivity index (χ4v) is 4.97. The third kappa shape index (κ3) is 8.80. The molecule has 0 saturated heterocycles. The SMILES string of the molecule is C=CC1CCC2CC(COC/C=C\Cc3ccc(OCC)c(F)c3F)CCC2C1.FCCF. The van der Waals surface area contributed by atoms with Crippen molar-refractivity contribution in [2.24, 2.45) is 23.7 Å². The number of alkyl halides is 2. The maximum absolute atomic E-state index is 14.1. The Balaban J connectivity index is 0.000000890. The zero-order valence-electron chi connectivity index (χ0n) is 19.7. The van der Waals surface area contributed by atoms with Gasteiger partial charge in [0.05, 0.1) is 13.2 Å². The molecule has 0 heterocycles. The van der Waals surface area contributed by atoms with E-state index < -0.39 is 25.0 Å². The van der Waals surface area contributed by atoms with Gasteiger partial charge in [0.2, 0.25) is 5.82 Å². The van der Waals surface area contributed by atoms with E-state index in [-0.39, 0.29) is 5.75 Å². The van der Waals surface area contributed by atoms with Crippen LogP contribution in [0.15, 0.2) is 36.9 Å². The lowest BCUT2D eigenvalue weighted by molar-refractivity contribution is 0.0518. The molecule has 2 saturated carbocycles. The lowest BCUT2D eigenvalue weighted by atomic mass is 9.65. The molecule has 2 nitrogen and oxygen atoms in total. The predicted octanol–water partition coefficient (Wildman–Crippen LogP) is 7.42. The first kappa shape index (κ1) is 27.4. The summed E-state index contributed by atoms with van der Waals surface area (Å²) in [5.74, 6) is 1.35. The normalized spacial score (nSPS) is 24.6. The minimum Gasteiger partial charge on any atom is -0.491 e. The molecule has 1 aromatic rings. The number of allylic oxidation sites excluding steroid dienone is 2. The van der Waals surface area contributed by atoms with Gasteiger partial charge in [-0.15, -0.1) is 6.58 Å². The molecule has 0 radical (unpaired) electrons. The van der Waals surface area contributed by atoms with Crippen molar-refractivity contribution in [1.82, 2.24) is 0 Å². The Labute approximate surface area is 196 Å². The van der Waals surface area contributed by atoms with E-state index in [0.29, 0.717) is 31.1 Å². The van der Waals surface area contributed by atoms with Gasteiger partial charge in [-0.1, -0.05) is 24.3 Å². The van der Waals surface area contributed by atoms with E-state index in [9.17, 15) is 17.6 Å². The molecule has 0 spiro atoms. The Morgan fingerprint density at radius 1 is 0.970 bits per heavy atom. The van der Waals surface area contributed by atoms with Crippen LogP contribution in [0.5, 0.6) is 5.75 Å². The number of halogens is 4. The van der Waals surface area contributed by atoms with Crippen LogP contribution in [-0.4, -0.2) is 33.2 Å². The van der Waals surface area contributed by atoms with Crippen LogP contribution in [0, 0.1) is 35.3 Å². The molecule has 1 aromatic carbocycles. The first-order chi connectivity index (χ1) is 16.0. The van der Waals surface area contributed by atoms with Gasteiger partial charge < -0.3 is 9.47 Å². The highest BCUT2D eigenvalue weighted by Crippen LogP contribution is 2.44. The predicted molar refractivity (Wildman–Crippen MR) is 125 cm³/mol. The molecule has 4 atom stereocenters. The summed E-state index contributed by atoms with van der Waals surface area (Å²) in [5, 5.41) is 0. The third-order valence-corrected chi connectivity index (χ3v) is 6.67. The molecule has 4 unspecified atom stereocenters. The van der Waals surface area contributed by atoms with E-state index in [1.54, 1.807) is 13.0 Å². The number of benzene rings is 1. The van der Waals surface area contributed by atoms with Gasteiger partial charge in [0, 0.05) is 6.61 Å². The zero-order chi connectivity index (χ0) is 24.1. The van der Waals surface area contributed by atoms with Gasteiger partial charge in [0.25, 0.3) is 0 Å². The number of hydrogen-bond donors (Lipinski definition) is 0. The van der Waals surface area contributed by atoms with Gasteiger partial charge in [-0.2, -0.15) is 4.39 Å². The van der Waals surface area contributed by atoms with Gasteiger partial charge in [-0.3, -0.25) is 0 Å². The van der Waals surface area contributed by atoms with Crippen molar-refractivity contribution >= 4 is 0 Å². The van der Waals surface area contributed by atoms with Gasteiger partial charge >= 0.3 is 0 Å². The van der Waals surface area contributed by atoms with Crippen molar-refractivity contribution in [1.29, 1.82) is 0 Å². The van der Waals surface area contributed by atoms with Crippen molar-refractivity contribution in [2.75, 3.05) is 33.2 Å². The fraction of sp³-hybridized carbons (Fsp3) is 0.630. The van der Waals surface area contributed by atoms with Gasteiger partial charge in [0.15, 0.2) is 11.6 Å². The van der Waals surface area contributed by atoms with Crippen LogP contribution in [0.1, 0.15) is 51.0 Å². The second kappa shape index (κ2) is 15.2. The van der Waals surface area contributed by atoms with Crippen molar-refractivity contribution in [3.63, 3.8) is 0 Å². The summed E-state index contributed by atoms with van der Waals surface area (Å²) in [6.45, 7) is 5.64. The van der Waals surface area contributed by atoms with Gasteiger partial charge in [-0.25, -0.2) is 13.2 Å². The minimum atomic E-state index is -0.910.